The quantitative estimate of drug-likeness (QED) is 0.226. The maximum atomic E-state index is 11.2. The van der Waals surface area contributed by atoms with Crippen molar-refractivity contribution in [3.63, 3.8) is 0 Å². The lowest BCUT2D eigenvalue weighted by molar-refractivity contribution is 0.0360. The van der Waals surface area contributed by atoms with Crippen LogP contribution in [0.25, 0.3) is 0 Å². The number of carbonyl (C=O) groups is 2. The van der Waals surface area contributed by atoms with E-state index in [0.717, 1.165) is 36.1 Å². The van der Waals surface area contributed by atoms with Crippen LogP contribution in [0, 0.1) is 0 Å². The maximum Gasteiger partial charge on any atom is 0.159 e. The van der Waals surface area contributed by atoms with E-state index in [2.05, 4.69) is 6.92 Å². The van der Waals surface area contributed by atoms with Crippen LogP contribution in [-0.2, 0) is 32.2 Å². The van der Waals surface area contributed by atoms with E-state index in [0.29, 0.717) is 58.2 Å². The highest BCUT2D eigenvalue weighted by molar-refractivity contribution is 5.94. The first-order chi connectivity index (χ1) is 17.5. The Morgan fingerprint density at radius 3 is 1.53 bits per heavy atom. The zero-order chi connectivity index (χ0) is 26.4. The standard InChI is InChI=1S/C15H22O3.C14H20O4/c1-3-4-8-17-9-10-18-12-14-6-5-7-15(11-14)13(2)16;1-12(16)14-5-2-4-13(10-14)11-18-9-8-17-7-3-6-15/h5-7,11H,3-4,8-10,12H2,1-2H3;2,4-5,10,15H,3,6-9,11H2,1H3. The van der Waals surface area contributed by atoms with E-state index in [1.54, 1.807) is 19.9 Å². The molecule has 7 nitrogen and oxygen atoms in total. The minimum atomic E-state index is 0.0594. The van der Waals surface area contributed by atoms with Crippen LogP contribution in [0.3, 0.4) is 0 Å². The molecule has 200 valence electrons. The van der Waals surface area contributed by atoms with Gasteiger partial charge in [-0.25, -0.2) is 0 Å². The first-order valence-electron chi connectivity index (χ1n) is 12.6. The molecule has 2 aromatic carbocycles. The molecule has 0 heterocycles. The van der Waals surface area contributed by atoms with Crippen molar-refractivity contribution in [2.75, 3.05) is 46.2 Å². The summed E-state index contributed by atoms with van der Waals surface area (Å²) in [4.78, 5) is 22.4. The number of hydrogen-bond donors (Lipinski definition) is 1. The van der Waals surface area contributed by atoms with Gasteiger partial charge < -0.3 is 24.1 Å². The van der Waals surface area contributed by atoms with Gasteiger partial charge in [0.1, 0.15) is 0 Å². The third-order valence-electron chi connectivity index (χ3n) is 5.04. The Kier molecular flexibility index (Phi) is 18.2. The van der Waals surface area contributed by atoms with Crippen molar-refractivity contribution < 1.29 is 33.6 Å². The van der Waals surface area contributed by atoms with E-state index in [4.69, 9.17) is 24.1 Å². The fourth-order valence-corrected chi connectivity index (χ4v) is 2.99. The van der Waals surface area contributed by atoms with Crippen LogP contribution in [0.2, 0.25) is 0 Å². The normalized spacial score (nSPS) is 10.6. The third kappa shape index (κ3) is 15.5. The minimum absolute atomic E-state index is 0.0594. The Bertz CT molecular complexity index is 795. The summed E-state index contributed by atoms with van der Waals surface area (Å²) in [6.45, 7) is 10.0. The zero-order valence-electron chi connectivity index (χ0n) is 22.0. The predicted octanol–water partition coefficient (Wildman–Crippen LogP) is 5.03. The van der Waals surface area contributed by atoms with Gasteiger partial charge in [-0.15, -0.1) is 0 Å². The van der Waals surface area contributed by atoms with Gasteiger partial charge in [0.25, 0.3) is 0 Å². The second-order valence-electron chi connectivity index (χ2n) is 8.27. The number of Topliss-reactive ketones (excluding diaryl/α,β-unsaturated/α-hetero) is 2. The van der Waals surface area contributed by atoms with Gasteiger partial charge in [-0.2, -0.15) is 0 Å². The molecule has 0 saturated carbocycles. The highest BCUT2D eigenvalue weighted by atomic mass is 16.5. The summed E-state index contributed by atoms with van der Waals surface area (Å²) in [6.07, 6.45) is 2.90. The number of rotatable bonds is 18. The average molecular weight is 503 g/mol. The molecule has 0 aliphatic carbocycles. The Balaban J connectivity index is 0.000000360. The number of unbranched alkanes of at least 4 members (excludes halogenated alkanes) is 1. The predicted molar refractivity (Wildman–Crippen MR) is 140 cm³/mol. The number of aliphatic hydroxyl groups is 1. The van der Waals surface area contributed by atoms with E-state index < -0.39 is 0 Å². The van der Waals surface area contributed by atoms with Gasteiger partial charge >= 0.3 is 0 Å². The molecule has 0 spiro atoms. The summed E-state index contributed by atoms with van der Waals surface area (Å²) in [6, 6.07) is 15.0. The van der Waals surface area contributed by atoms with E-state index in [9.17, 15) is 9.59 Å². The molecular formula is C29H42O7. The zero-order valence-corrected chi connectivity index (χ0v) is 22.0. The van der Waals surface area contributed by atoms with Gasteiger partial charge in [0.2, 0.25) is 0 Å². The molecular weight excluding hydrogens is 460 g/mol. The smallest absolute Gasteiger partial charge is 0.159 e. The highest BCUT2D eigenvalue weighted by Gasteiger charge is 2.01. The van der Waals surface area contributed by atoms with Gasteiger partial charge in [0.15, 0.2) is 11.6 Å². The number of aliphatic hydroxyl groups excluding tert-OH is 1. The van der Waals surface area contributed by atoms with Crippen LogP contribution in [0.1, 0.15) is 71.9 Å². The number of carbonyl (C=O) groups excluding carboxylic acids is 2. The first-order valence-corrected chi connectivity index (χ1v) is 12.6. The Morgan fingerprint density at radius 1 is 0.667 bits per heavy atom. The Labute approximate surface area is 215 Å². The monoisotopic (exact) mass is 502 g/mol. The van der Waals surface area contributed by atoms with Crippen molar-refractivity contribution in [3.05, 3.63) is 70.8 Å². The van der Waals surface area contributed by atoms with Gasteiger partial charge in [-0.05, 0) is 49.9 Å². The maximum absolute atomic E-state index is 11.2. The summed E-state index contributed by atoms with van der Waals surface area (Å²) in [7, 11) is 0. The number of hydrogen-bond acceptors (Lipinski definition) is 7. The van der Waals surface area contributed by atoms with Gasteiger partial charge in [0, 0.05) is 30.9 Å². The molecule has 2 rings (SSSR count). The topological polar surface area (TPSA) is 91.3 Å². The number of ketones is 2. The van der Waals surface area contributed by atoms with Gasteiger partial charge in [-0.3, -0.25) is 9.59 Å². The molecule has 0 unspecified atom stereocenters. The summed E-state index contributed by atoms with van der Waals surface area (Å²) in [5.74, 6) is 0.143. The molecule has 2 aromatic rings. The van der Waals surface area contributed by atoms with Crippen LogP contribution in [0.5, 0.6) is 0 Å². The molecule has 0 radical (unpaired) electrons. The van der Waals surface area contributed by atoms with Gasteiger partial charge in [0.05, 0.1) is 39.6 Å². The fourth-order valence-electron chi connectivity index (χ4n) is 2.99. The molecule has 0 atom stereocenters. The average Bonchev–Trinajstić information content (AvgIpc) is 2.88. The molecule has 1 N–H and O–H groups in total. The van der Waals surface area contributed by atoms with Crippen LogP contribution in [0.4, 0.5) is 0 Å². The largest absolute Gasteiger partial charge is 0.396 e. The number of ether oxygens (including phenoxy) is 4. The molecule has 0 aliphatic rings. The summed E-state index contributed by atoms with van der Waals surface area (Å²) in [5.41, 5.74) is 3.44. The SMILES string of the molecule is CC(=O)c1cccc(COCCOCCCO)c1.CCCCOCCOCc1cccc(C(C)=O)c1. The molecule has 0 aliphatic heterocycles. The molecule has 0 amide bonds. The van der Waals surface area contributed by atoms with E-state index in [-0.39, 0.29) is 18.2 Å². The molecule has 0 bridgehead atoms. The van der Waals surface area contributed by atoms with Crippen LogP contribution < -0.4 is 0 Å². The first kappa shape index (κ1) is 31.6. The minimum Gasteiger partial charge on any atom is -0.396 e. The Hall–Kier alpha value is -2.42. The molecule has 0 fully saturated rings. The van der Waals surface area contributed by atoms with Crippen molar-refractivity contribution in [2.24, 2.45) is 0 Å². The second-order valence-corrected chi connectivity index (χ2v) is 8.27. The summed E-state index contributed by atoms with van der Waals surface area (Å²) in [5, 5.41) is 8.55. The molecule has 7 heteroatoms. The lowest BCUT2D eigenvalue weighted by Crippen LogP contribution is -2.06. The summed E-state index contributed by atoms with van der Waals surface area (Å²) < 4.78 is 21.6. The lowest BCUT2D eigenvalue weighted by atomic mass is 10.1. The second kappa shape index (κ2) is 20.7. The molecule has 36 heavy (non-hydrogen) atoms. The number of benzene rings is 2. The van der Waals surface area contributed by atoms with Crippen molar-refractivity contribution in [2.45, 2.75) is 53.2 Å². The molecule has 0 aromatic heterocycles. The van der Waals surface area contributed by atoms with E-state index in [1.165, 1.54) is 0 Å². The lowest BCUT2D eigenvalue weighted by Gasteiger charge is -2.06. The van der Waals surface area contributed by atoms with Crippen LogP contribution in [-0.4, -0.2) is 62.9 Å². The van der Waals surface area contributed by atoms with E-state index >= 15 is 0 Å². The third-order valence-corrected chi connectivity index (χ3v) is 5.04. The summed E-state index contributed by atoms with van der Waals surface area (Å²) >= 11 is 0. The van der Waals surface area contributed by atoms with Crippen molar-refractivity contribution >= 4 is 11.6 Å². The van der Waals surface area contributed by atoms with Gasteiger partial charge in [-0.1, -0.05) is 49.7 Å². The molecule has 0 saturated heterocycles. The van der Waals surface area contributed by atoms with Crippen molar-refractivity contribution in [1.29, 1.82) is 0 Å². The van der Waals surface area contributed by atoms with Crippen LogP contribution >= 0.6 is 0 Å². The highest BCUT2D eigenvalue weighted by Crippen LogP contribution is 2.08. The van der Waals surface area contributed by atoms with Crippen molar-refractivity contribution in [1.82, 2.24) is 0 Å². The fraction of sp³-hybridized carbons (Fsp3) is 0.517. The Morgan fingerprint density at radius 2 is 1.11 bits per heavy atom. The van der Waals surface area contributed by atoms with Crippen LogP contribution in [0.15, 0.2) is 48.5 Å². The van der Waals surface area contributed by atoms with Crippen molar-refractivity contribution in [3.8, 4) is 0 Å². The van der Waals surface area contributed by atoms with E-state index in [1.807, 2.05) is 42.5 Å².